The van der Waals surface area contributed by atoms with Gasteiger partial charge in [0.15, 0.2) is 0 Å². The van der Waals surface area contributed by atoms with Gasteiger partial charge in [-0.3, -0.25) is 4.98 Å². The molecule has 1 atom stereocenters. The molecule has 0 aromatic carbocycles. The van der Waals surface area contributed by atoms with Crippen molar-refractivity contribution in [1.29, 1.82) is 0 Å². The molecule has 0 saturated carbocycles. The van der Waals surface area contributed by atoms with Gasteiger partial charge in [-0.1, -0.05) is 0 Å². The van der Waals surface area contributed by atoms with Gasteiger partial charge in [-0.05, 0) is 38.3 Å². The Bertz CT molecular complexity index is 318. The van der Waals surface area contributed by atoms with E-state index < -0.39 is 0 Å². The summed E-state index contributed by atoms with van der Waals surface area (Å²) in [5, 5.41) is 0. The van der Waals surface area contributed by atoms with Crippen LogP contribution in [0.3, 0.4) is 0 Å². The normalized spacial score (nSPS) is 12.4. The first-order valence-electron chi connectivity index (χ1n) is 6.19. The zero-order chi connectivity index (χ0) is 12.5. The van der Waals surface area contributed by atoms with Crippen LogP contribution in [0.5, 0.6) is 5.75 Å². The van der Waals surface area contributed by atoms with E-state index in [9.17, 15) is 0 Å². The highest BCUT2D eigenvalue weighted by Crippen LogP contribution is 2.19. The molecule has 0 aliphatic carbocycles. The molecule has 1 heterocycles. The van der Waals surface area contributed by atoms with Crippen molar-refractivity contribution in [1.82, 2.24) is 4.98 Å². The van der Waals surface area contributed by atoms with E-state index in [0.717, 1.165) is 37.4 Å². The molecular formula is C13H22N2O2. The highest BCUT2D eigenvalue weighted by Gasteiger charge is 2.07. The molecule has 1 unspecified atom stereocenters. The molecule has 0 saturated heterocycles. The molecule has 1 aromatic rings. The summed E-state index contributed by atoms with van der Waals surface area (Å²) in [5.41, 5.74) is 7.11. The molecule has 2 N–H and O–H groups in total. The largest absolute Gasteiger partial charge is 0.492 e. The van der Waals surface area contributed by atoms with Crippen LogP contribution in [-0.4, -0.2) is 24.8 Å². The Hall–Kier alpha value is -1.13. The summed E-state index contributed by atoms with van der Waals surface area (Å²) in [6.45, 7) is 6.12. The van der Waals surface area contributed by atoms with Crippen molar-refractivity contribution in [3.63, 3.8) is 0 Å². The molecule has 0 bridgehead atoms. The fraction of sp³-hybridized carbons (Fsp3) is 0.615. The maximum atomic E-state index is 6.09. The average Bonchev–Trinajstić information content (AvgIpc) is 2.35. The van der Waals surface area contributed by atoms with Crippen LogP contribution in [0.25, 0.3) is 0 Å². The highest BCUT2D eigenvalue weighted by molar-refractivity contribution is 5.25. The zero-order valence-corrected chi connectivity index (χ0v) is 10.7. The Morgan fingerprint density at radius 3 is 2.82 bits per heavy atom. The van der Waals surface area contributed by atoms with Gasteiger partial charge in [0.2, 0.25) is 0 Å². The van der Waals surface area contributed by atoms with Gasteiger partial charge in [-0.25, -0.2) is 0 Å². The van der Waals surface area contributed by atoms with Crippen LogP contribution in [0.4, 0.5) is 0 Å². The lowest BCUT2D eigenvalue weighted by Crippen LogP contribution is -2.12. The van der Waals surface area contributed by atoms with Crippen molar-refractivity contribution in [2.45, 2.75) is 32.7 Å². The summed E-state index contributed by atoms with van der Waals surface area (Å²) in [6, 6.07) is 1.96. The first kappa shape index (κ1) is 13.9. The third-order valence-corrected chi connectivity index (χ3v) is 2.48. The van der Waals surface area contributed by atoms with E-state index in [1.807, 2.05) is 19.9 Å². The molecule has 17 heavy (non-hydrogen) atoms. The Morgan fingerprint density at radius 2 is 2.12 bits per heavy atom. The number of nitrogens with two attached hydrogens (primary N) is 1. The van der Waals surface area contributed by atoms with Crippen LogP contribution in [0.2, 0.25) is 0 Å². The molecule has 4 heteroatoms. The van der Waals surface area contributed by atoms with Gasteiger partial charge in [0.05, 0.1) is 12.8 Å². The predicted molar refractivity (Wildman–Crippen MR) is 68.1 cm³/mol. The maximum Gasteiger partial charge on any atom is 0.137 e. The Kier molecular flexibility index (Phi) is 6.58. The predicted octanol–water partition coefficient (Wildman–Crippen LogP) is 2.30. The van der Waals surface area contributed by atoms with E-state index in [-0.39, 0.29) is 6.04 Å². The maximum absolute atomic E-state index is 6.09. The van der Waals surface area contributed by atoms with E-state index in [2.05, 4.69) is 4.98 Å². The van der Waals surface area contributed by atoms with Crippen molar-refractivity contribution in [3.05, 3.63) is 24.0 Å². The third kappa shape index (κ3) is 5.15. The number of hydrogen-bond donors (Lipinski definition) is 1. The lowest BCUT2D eigenvalue weighted by atomic mass is 10.1. The van der Waals surface area contributed by atoms with Crippen LogP contribution in [-0.2, 0) is 4.74 Å². The molecule has 4 nitrogen and oxygen atoms in total. The van der Waals surface area contributed by atoms with Gasteiger partial charge < -0.3 is 15.2 Å². The van der Waals surface area contributed by atoms with Crippen LogP contribution in [0.15, 0.2) is 18.5 Å². The molecule has 1 aromatic heterocycles. The van der Waals surface area contributed by atoms with Gasteiger partial charge in [-0.2, -0.15) is 0 Å². The number of nitrogens with zero attached hydrogens (tertiary/aromatic N) is 1. The minimum absolute atomic E-state index is 0.00311. The zero-order valence-electron chi connectivity index (χ0n) is 10.7. The van der Waals surface area contributed by atoms with Crippen LogP contribution >= 0.6 is 0 Å². The summed E-state index contributed by atoms with van der Waals surface area (Å²) < 4.78 is 10.7. The Balaban J connectivity index is 2.44. The molecule has 0 aliphatic rings. The van der Waals surface area contributed by atoms with E-state index in [0.29, 0.717) is 6.61 Å². The molecule has 0 spiro atoms. The first-order chi connectivity index (χ1) is 8.27. The molecule has 0 aliphatic heterocycles. The molecule has 0 fully saturated rings. The highest BCUT2D eigenvalue weighted by atomic mass is 16.5. The van der Waals surface area contributed by atoms with E-state index in [4.69, 9.17) is 15.2 Å². The van der Waals surface area contributed by atoms with E-state index in [1.165, 1.54) is 0 Å². The summed E-state index contributed by atoms with van der Waals surface area (Å²) in [5.74, 6) is 0.783. The van der Waals surface area contributed by atoms with Gasteiger partial charge in [-0.15, -0.1) is 0 Å². The van der Waals surface area contributed by atoms with Gasteiger partial charge in [0, 0.05) is 25.5 Å². The van der Waals surface area contributed by atoms with Crippen LogP contribution in [0, 0.1) is 0 Å². The molecule has 96 valence electrons. The van der Waals surface area contributed by atoms with E-state index >= 15 is 0 Å². The van der Waals surface area contributed by atoms with Crippen LogP contribution in [0.1, 0.15) is 38.3 Å². The summed E-state index contributed by atoms with van der Waals surface area (Å²) >= 11 is 0. The SMILES string of the molecule is CCOCCCC(N)c1cncc(OCC)c1. The molecule has 1 rings (SSSR count). The second-order valence-corrected chi connectivity index (χ2v) is 3.83. The Labute approximate surface area is 103 Å². The fourth-order valence-electron chi connectivity index (χ4n) is 1.60. The summed E-state index contributed by atoms with van der Waals surface area (Å²) in [7, 11) is 0. The van der Waals surface area contributed by atoms with Crippen molar-refractivity contribution in [3.8, 4) is 5.75 Å². The summed E-state index contributed by atoms with van der Waals surface area (Å²) in [4.78, 5) is 4.13. The van der Waals surface area contributed by atoms with Crippen molar-refractivity contribution in [2.75, 3.05) is 19.8 Å². The molecule has 0 amide bonds. The summed E-state index contributed by atoms with van der Waals surface area (Å²) in [6.07, 6.45) is 5.37. The number of rotatable bonds is 8. The molecule has 0 radical (unpaired) electrons. The third-order valence-electron chi connectivity index (χ3n) is 2.48. The fourth-order valence-corrected chi connectivity index (χ4v) is 1.60. The van der Waals surface area contributed by atoms with Crippen LogP contribution < -0.4 is 10.5 Å². The average molecular weight is 238 g/mol. The lowest BCUT2D eigenvalue weighted by Gasteiger charge is -2.12. The topological polar surface area (TPSA) is 57.4 Å². The number of hydrogen-bond acceptors (Lipinski definition) is 4. The number of ether oxygens (including phenoxy) is 2. The second-order valence-electron chi connectivity index (χ2n) is 3.83. The Morgan fingerprint density at radius 1 is 1.29 bits per heavy atom. The van der Waals surface area contributed by atoms with Crippen molar-refractivity contribution in [2.24, 2.45) is 5.73 Å². The van der Waals surface area contributed by atoms with Crippen molar-refractivity contribution >= 4 is 0 Å². The smallest absolute Gasteiger partial charge is 0.137 e. The number of pyridine rings is 1. The lowest BCUT2D eigenvalue weighted by molar-refractivity contribution is 0.142. The van der Waals surface area contributed by atoms with Gasteiger partial charge in [0.1, 0.15) is 5.75 Å². The minimum atomic E-state index is 0.00311. The second kappa shape index (κ2) is 8.03. The van der Waals surface area contributed by atoms with Gasteiger partial charge >= 0.3 is 0 Å². The van der Waals surface area contributed by atoms with Gasteiger partial charge in [0.25, 0.3) is 0 Å². The standard InChI is InChI=1S/C13H22N2O2/c1-3-16-7-5-6-13(14)11-8-12(17-4-2)10-15-9-11/h8-10,13H,3-7,14H2,1-2H3. The first-order valence-corrected chi connectivity index (χ1v) is 6.19. The minimum Gasteiger partial charge on any atom is -0.492 e. The quantitative estimate of drug-likeness (QED) is 0.706. The van der Waals surface area contributed by atoms with Crippen molar-refractivity contribution < 1.29 is 9.47 Å². The monoisotopic (exact) mass is 238 g/mol. The number of aromatic nitrogens is 1. The molecular weight excluding hydrogens is 216 g/mol. The van der Waals surface area contributed by atoms with E-state index in [1.54, 1.807) is 12.4 Å².